The molecule has 2 aliphatic heterocycles. The predicted octanol–water partition coefficient (Wildman–Crippen LogP) is 4.11. The summed E-state index contributed by atoms with van der Waals surface area (Å²) in [6.07, 6.45) is -3.72. The van der Waals surface area contributed by atoms with E-state index in [9.17, 15) is 18.0 Å². The standard InChI is InChI=1S/C26H28F3N7O2/c1-35-8-10-36(11-9-35)17-6-7-21(22(12-17)38-2)33-25-31-15-19(26(27,28)29)24(34-25)30-14-16-4-3-5-20-18(16)13-23(37)32-20/h3-7,12,15H,8-11,13-14H2,1-2H3,(H,32,37)(H2,30,31,33,34). The van der Waals surface area contributed by atoms with E-state index in [-0.39, 0.29) is 30.6 Å². The molecule has 12 heteroatoms. The van der Waals surface area contributed by atoms with Crippen LogP contribution >= 0.6 is 0 Å². The van der Waals surface area contributed by atoms with E-state index in [1.807, 2.05) is 12.1 Å². The summed E-state index contributed by atoms with van der Waals surface area (Å²) < 4.78 is 46.8. The minimum Gasteiger partial charge on any atom is -0.494 e. The number of anilines is 5. The Morgan fingerprint density at radius 3 is 2.66 bits per heavy atom. The molecule has 1 aromatic heterocycles. The molecular formula is C26H28F3N7O2. The molecule has 200 valence electrons. The fourth-order valence-electron chi connectivity index (χ4n) is 4.61. The highest BCUT2D eigenvalue weighted by atomic mass is 19.4. The van der Waals surface area contributed by atoms with Gasteiger partial charge in [-0.05, 0) is 36.4 Å². The Hall–Kier alpha value is -4.06. The summed E-state index contributed by atoms with van der Waals surface area (Å²) in [5, 5.41) is 8.53. The number of aromatic nitrogens is 2. The lowest BCUT2D eigenvalue weighted by Crippen LogP contribution is -2.44. The molecule has 38 heavy (non-hydrogen) atoms. The van der Waals surface area contributed by atoms with E-state index in [2.05, 4.69) is 42.8 Å². The second-order valence-corrected chi connectivity index (χ2v) is 9.28. The number of benzene rings is 2. The molecule has 3 aromatic rings. The van der Waals surface area contributed by atoms with E-state index >= 15 is 0 Å². The van der Waals surface area contributed by atoms with Crippen molar-refractivity contribution in [2.75, 3.05) is 61.2 Å². The third-order valence-corrected chi connectivity index (χ3v) is 6.72. The molecule has 3 N–H and O–H groups in total. The molecule has 1 fully saturated rings. The predicted molar refractivity (Wildman–Crippen MR) is 139 cm³/mol. The Morgan fingerprint density at radius 1 is 1.13 bits per heavy atom. The Morgan fingerprint density at radius 2 is 1.92 bits per heavy atom. The van der Waals surface area contributed by atoms with Crippen molar-refractivity contribution in [1.29, 1.82) is 0 Å². The first kappa shape index (κ1) is 25.6. The average molecular weight is 528 g/mol. The Labute approximate surface area is 218 Å². The van der Waals surface area contributed by atoms with Crippen LogP contribution in [0.3, 0.4) is 0 Å². The van der Waals surface area contributed by atoms with Gasteiger partial charge in [-0.3, -0.25) is 4.79 Å². The lowest BCUT2D eigenvalue weighted by Gasteiger charge is -2.34. The number of rotatable bonds is 7. The topological polar surface area (TPSA) is 94.7 Å². The van der Waals surface area contributed by atoms with Crippen LogP contribution in [0.25, 0.3) is 0 Å². The van der Waals surface area contributed by atoms with Gasteiger partial charge in [0.2, 0.25) is 11.9 Å². The van der Waals surface area contributed by atoms with Crippen molar-refractivity contribution in [2.24, 2.45) is 0 Å². The fourth-order valence-corrected chi connectivity index (χ4v) is 4.61. The molecule has 0 saturated carbocycles. The van der Waals surface area contributed by atoms with Gasteiger partial charge < -0.3 is 30.5 Å². The van der Waals surface area contributed by atoms with Crippen LogP contribution in [0.2, 0.25) is 0 Å². The van der Waals surface area contributed by atoms with E-state index in [0.717, 1.165) is 43.6 Å². The maximum atomic E-state index is 13.7. The number of nitrogens with one attached hydrogen (secondary N) is 3. The number of fused-ring (bicyclic) bond motifs is 1. The smallest absolute Gasteiger partial charge is 0.421 e. The molecule has 0 spiro atoms. The van der Waals surface area contributed by atoms with Crippen LogP contribution in [0.15, 0.2) is 42.6 Å². The molecule has 2 aliphatic rings. The zero-order valence-corrected chi connectivity index (χ0v) is 21.0. The maximum absolute atomic E-state index is 13.7. The molecular weight excluding hydrogens is 499 g/mol. The molecule has 0 atom stereocenters. The number of likely N-dealkylation sites (N-methyl/N-ethyl adjacent to an activating group) is 1. The van der Waals surface area contributed by atoms with Crippen molar-refractivity contribution in [3.05, 3.63) is 59.3 Å². The summed E-state index contributed by atoms with van der Waals surface area (Å²) in [6, 6.07) is 10.9. The first-order valence-electron chi connectivity index (χ1n) is 12.2. The van der Waals surface area contributed by atoms with Crippen LogP contribution in [-0.4, -0.2) is 61.1 Å². The largest absolute Gasteiger partial charge is 0.494 e. The number of piperazine rings is 1. The first-order valence-corrected chi connectivity index (χ1v) is 12.2. The highest BCUT2D eigenvalue weighted by molar-refractivity contribution is 5.99. The molecule has 9 nitrogen and oxygen atoms in total. The van der Waals surface area contributed by atoms with E-state index in [4.69, 9.17) is 4.74 Å². The highest BCUT2D eigenvalue weighted by Gasteiger charge is 2.35. The van der Waals surface area contributed by atoms with Gasteiger partial charge in [-0.2, -0.15) is 18.2 Å². The summed E-state index contributed by atoms with van der Waals surface area (Å²) in [6.45, 7) is 3.74. The molecule has 1 amide bonds. The quantitative estimate of drug-likeness (QED) is 0.423. The van der Waals surface area contributed by atoms with E-state index < -0.39 is 11.7 Å². The van der Waals surface area contributed by atoms with E-state index in [0.29, 0.717) is 22.7 Å². The van der Waals surface area contributed by atoms with Crippen molar-refractivity contribution in [2.45, 2.75) is 19.1 Å². The molecule has 1 saturated heterocycles. The lowest BCUT2D eigenvalue weighted by molar-refractivity contribution is -0.137. The second-order valence-electron chi connectivity index (χ2n) is 9.28. The first-order chi connectivity index (χ1) is 18.2. The van der Waals surface area contributed by atoms with E-state index in [1.165, 1.54) is 7.11 Å². The fraction of sp³-hybridized carbons (Fsp3) is 0.346. The van der Waals surface area contributed by atoms with Gasteiger partial charge in [0, 0.05) is 56.4 Å². The molecule has 2 aromatic carbocycles. The summed E-state index contributed by atoms with van der Waals surface area (Å²) >= 11 is 0. The third-order valence-electron chi connectivity index (χ3n) is 6.72. The summed E-state index contributed by atoms with van der Waals surface area (Å²) in [4.78, 5) is 24.4. The Balaban J connectivity index is 1.38. The molecule has 0 aliphatic carbocycles. The highest BCUT2D eigenvalue weighted by Crippen LogP contribution is 2.36. The van der Waals surface area contributed by atoms with Crippen LogP contribution in [0, 0.1) is 0 Å². The van der Waals surface area contributed by atoms with Gasteiger partial charge >= 0.3 is 6.18 Å². The second kappa shape index (κ2) is 10.4. The number of amides is 1. The minimum absolute atomic E-state index is 0.0127. The SMILES string of the molecule is COc1cc(N2CCN(C)CC2)ccc1Nc1ncc(C(F)(F)F)c(NCc2cccc3c2CC(=O)N3)n1. The molecule has 3 heterocycles. The van der Waals surface area contributed by atoms with Crippen molar-refractivity contribution < 1.29 is 22.7 Å². The number of ether oxygens (including phenoxy) is 1. The monoisotopic (exact) mass is 527 g/mol. The van der Waals surface area contributed by atoms with Gasteiger partial charge in [0.15, 0.2) is 0 Å². The van der Waals surface area contributed by atoms with E-state index in [1.54, 1.807) is 24.3 Å². The van der Waals surface area contributed by atoms with Crippen LogP contribution in [0.1, 0.15) is 16.7 Å². The van der Waals surface area contributed by atoms with Gasteiger partial charge in [-0.15, -0.1) is 0 Å². The van der Waals surface area contributed by atoms with Crippen molar-refractivity contribution >= 4 is 34.7 Å². The number of hydrogen-bond donors (Lipinski definition) is 3. The number of carbonyl (C=O) groups excluding carboxylic acids is 1. The minimum atomic E-state index is -4.65. The van der Waals surface area contributed by atoms with Crippen molar-refractivity contribution in [3.63, 3.8) is 0 Å². The van der Waals surface area contributed by atoms with Crippen LogP contribution < -0.4 is 25.6 Å². The van der Waals surface area contributed by atoms with Crippen molar-refractivity contribution in [1.82, 2.24) is 14.9 Å². The van der Waals surface area contributed by atoms with Gasteiger partial charge in [0.1, 0.15) is 17.1 Å². The number of hydrogen-bond acceptors (Lipinski definition) is 8. The number of alkyl halides is 3. The van der Waals surface area contributed by atoms with Crippen molar-refractivity contribution in [3.8, 4) is 5.75 Å². The van der Waals surface area contributed by atoms with Gasteiger partial charge in [-0.25, -0.2) is 4.98 Å². The normalized spacial score (nSPS) is 15.7. The lowest BCUT2D eigenvalue weighted by atomic mass is 10.0. The maximum Gasteiger partial charge on any atom is 0.421 e. The molecule has 0 bridgehead atoms. The van der Waals surface area contributed by atoms with Gasteiger partial charge in [0.05, 0.1) is 19.2 Å². The molecule has 0 radical (unpaired) electrons. The summed E-state index contributed by atoms with van der Waals surface area (Å²) in [5.74, 6) is 0.000170. The molecule has 5 rings (SSSR count). The zero-order valence-electron chi connectivity index (χ0n) is 21.0. The third kappa shape index (κ3) is 5.44. The number of carbonyl (C=O) groups is 1. The summed E-state index contributed by atoms with van der Waals surface area (Å²) in [7, 11) is 3.62. The summed E-state index contributed by atoms with van der Waals surface area (Å²) in [5.41, 5.74) is 2.69. The number of halogens is 3. The molecule has 0 unspecified atom stereocenters. The number of nitrogens with zero attached hydrogens (tertiary/aromatic N) is 4. The van der Waals surface area contributed by atoms with Crippen LogP contribution in [0.5, 0.6) is 5.75 Å². The van der Waals surface area contributed by atoms with Gasteiger partial charge in [0.25, 0.3) is 0 Å². The Bertz CT molecular complexity index is 1340. The number of methoxy groups -OCH3 is 1. The average Bonchev–Trinajstić information content (AvgIpc) is 3.28. The zero-order chi connectivity index (χ0) is 26.9. The van der Waals surface area contributed by atoms with Crippen LogP contribution in [-0.2, 0) is 23.9 Å². The van der Waals surface area contributed by atoms with Crippen LogP contribution in [0.4, 0.5) is 42.0 Å². The van der Waals surface area contributed by atoms with Gasteiger partial charge in [-0.1, -0.05) is 12.1 Å². The Kier molecular flexibility index (Phi) is 6.98.